The number of hydrogen-bond donors (Lipinski definition) is 2. The summed E-state index contributed by atoms with van der Waals surface area (Å²) >= 11 is 5.91. The smallest absolute Gasteiger partial charge is 0.227 e. The number of hydrogen-bond acceptors (Lipinski definition) is 11. The summed E-state index contributed by atoms with van der Waals surface area (Å²) in [6, 6.07) is 7.59. The molecule has 3 fully saturated rings. The summed E-state index contributed by atoms with van der Waals surface area (Å²) in [5.41, 5.74) is 6.08. The number of anilines is 3. The largest absolute Gasteiger partial charge is 0.381 e. The minimum atomic E-state index is -1.02. The first-order valence-corrected chi connectivity index (χ1v) is 22.8. The van der Waals surface area contributed by atoms with Gasteiger partial charge in [0.25, 0.3) is 0 Å². The number of fused-ring (bicyclic) bond motifs is 3. The van der Waals surface area contributed by atoms with Gasteiger partial charge in [-0.2, -0.15) is 9.97 Å². The molecule has 9 rings (SSSR count). The third-order valence-electron chi connectivity index (χ3n) is 11.6. The zero-order chi connectivity index (χ0) is 38.3. The Balaban J connectivity index is 0.000000198. The Morgan fingerprint density at radius 3 is 1.93 bits per heavy atom. The second-order valence-corrected chi connectivity index (χ2v) is 19.7. The molecule has 0 bridgehead atoms. The van der Waals surface area contributed by atoms with Crippen molar-refractivity contribution < 1.29 is 17.9 Å². The molecule has 1 aromatic carbocycles. The number of benzene rings is 1. The van der Waals surface area contributed by atoms with E-state index in [4.69, 9.17) is 31.0 Å². The fourth-order valence-corrected chi connectivity index (χ4v) is 11.2. The molecule has 0 amide bonds. The lowest BCUT2D eigenvalue weighted by Crippen LogP contribution is -2.35. The maximum atomic E-state index is 12.8. The fourth-order valence-electron chi connectivity index (χ4n) is 8.36. The molecule has 3 aromatic heterocycles. The maximum absolute atomic E-state index is 12.8. The van der Waals surface area contributed by atoms with Crippen LogP contribution in [0.5, 0.6) is 0 Å². The SMILES string of the molecule is Cn1cc(C2CCN(c3nc4c(c(NC5CCOCC5)n3)S(=O)CC4)CC2)c2cc(C(C)(C)C)ccc21.O=S1CCc2nc(Cl)nc(NC3CCOCC3)c21. The number of ether oxygens (including phenoxy) is 2. The average molecular weight is 810 g/mol. The summed E-state index contributed by atoms with van der Waals surface area (Å²) in [7, 11) is 0.144. The number of halogens is 1. The van der Waals surface area contributed by atoms with Crippen molar-refractivity contribution in [2.75, 3.05) is 66.6 Å². The highest BCUT2D eigenvalue weighted by Gasteiger charge is 2.32. The standard InChI is InChI=1S/C29H39N5O2S.C11H14ClN3O2S/c1-29(2,3)20-5-6-25-22(17-20)23(18-33(25)4)19-7-12-34(13-8-19)28-31-24-11-16-37(35)26(24)27(32-28)30-21-9-14-36-15-10-21;12-11-14-8-3-6-18(16)9(8)10(15-11)13-7-1-4-17-5-2-7/h5-6,17-19,21H,7-16H2,1-4H3,(H,30,31,32);7H,1-6H2,(H,13,14,15). The van der Waals surface area contributed by atoms with Crippen molar-refractivity contribution in [3.8, 4) is 0 Å². The molecular weight excluding hydrogens is 756 g/mol. The Bertz CT molecular complexity index is 2090. The number of nitrogens with one attached hydrogen (secondary N) is 2. The van der Waals surface area contributed by atoms with Crippen LogP contribution in [0.1, 0.15) is 87.7 Å². The Morgan fingerprint density at radius 2 is 1.35 bits per heavy atom. The summed E-state index contributed by atoms with van der Waals surface area (Å²) in [5.74, 6) is 4.01. The van der Waals surface area contributed by atoms with E-state index in [0.717, 1.165) is 117 Å². The van der Waals surface area contributed by atoms with E-state index in [1.807, 2.05) is 0 Å². The van der Waals surface area contributed by atoms with Crippen molar-refractivity contribution in [1.29, 1.82) is 0 Å². The second kappa shape index (κ2) is 16.4. The highest BCUT2D eigenvalue weighted by atomic mass is 35.5. The van der Waals surface area contributed by atoms with Crippen molar-refractivity contribution in [3.05, 3.63) is 52.2 Å². The molecule has 2 N–H and O–H groups in total. The lowest BCUT2D eigenvalue weighted by molar-refractivity contribution is 0.0902. The summed E-state index contributed by atoms with van der Waals surface area (Å²) in [5, 5.41) is 8.58. The maximum Gasteiger partial charge on any atom is 0.227 e. The molecule has 15 heteroatoms. The summed E-state index contributed by atoms with van der Waals surface area (Å²) in [6.07, 6.45) is 9.75. The van der Waals surface area contributed by atoms with E-state index in [-0.39, 0.29) is 10.7 Å². The summed E-state index contributed by atoms with van der Waals surface area (Å²) < 4.78 is 37.8. The summed E-state index contributed by atoms with van der Waals surface area (Å²) in [6.45, 7) is 11.7. The number of aromatic nitrogens is 5. The van der Waals surface area contributed by atoms with Crippen LogP contribution in [0, 0.1) is 0 Å². The Morgan fingerprint density at radius 1 is 0.782 bits per heavy atom. The van der Waals surface area contributed by atoms with E-state index >= 15 is 0 Å². The van der Waals surface area contributed by atoms with Crippen molar-refractivity contribution in [3.63, 3.8) is 0 Å². The molecule has 5 aliphatic rings. The molecule has 4 aromatic rings. The Labute approximate surface area is 333 Å². The first-order valence-electron chi connectivity index (χ1n) is 19.8. The quantitative estimate of drug-likeness (QED) is 0.213. The van der Waals surface area contributed by atoms with Gasteiger partial charge in [0.15, 0.2) is 0 Å². The molecule has 296 valence electrons. The molecule has 55 heavy (non-hydrogen) atoms. The number of piperidine rings is 1. The molecule has 0 saturated carbocycles. The third kappa shape index (κ3) is 8.44. The number of nitrogens with zero attached hydrogens (tertiary/aromatic N) is 6. The molecule has 0 aliphatic carbocycles. The van der Waals surface area contributed by atoms with Crippen LogP contribution in [0.3, 0.4) is 0 Å². The van der Waals surface area contributed by atoms with Gasteiger partial charge in [-0.15, -0.1) is 0 Å². The molecule has 0 spiro atoms. The van der Waals surface area contributed by atoms with Crippen molar-refractivity contribution in [1.82, 2.24) is 24.5 Å². The lowest BCUT2D eigenvalue weighted by atomic mass is 9.84. The van der Waals surface area contributed by atoms with Crippen LogP contribution in [0.25, 0.3) is 10.9 Å². The first-order chi connectivity index (χ1) is 26.5. The van der Waals surface area contributed by atoms with Gasteiger partial charge in [-0.25, -0.2) is 9.97 Å². The highest BCUT2D eigenvalue weighted by molar-refractivity contribution is 7.85. The van der Waals surface area contributed by atoms with Gasteiger partial charge in [0, 0.05) is 100 Å². The summed E-state index contributed by atoms with van der Waals surface area (Å²) in [4.78, 5) is 22.1. The minimum Gasteiger partial charge on any atom is -0.381 e. The predicted molar refractivity (Wildman–Crippen MR) is 220 cm³/mol. The lowest BCUT2D eigenvalue weighted by Gasteiger charge is -2.33. The van der Waals surface area contributed by atoms with Crippen LogP contribution in [0.2, 0.25) is 5.28 Å². The van der Waals surface area contributed by atoms with Crippen LogP contribution < -0.4 is 15.5 Å². The number of rotatable bonds is 6. The molecular formula is C40H53ClN8O4S2. The predicted octanol–water partition coefficient (Wildman–Crippen LogP) is 6.29. The molecule has 0 radical (unpaired) electrons. The zero-order valence-corrected chi connectivity index (χ0v) is 34.8. The van der Waals surface area contributed by atoms with Gasteiger partial charge >= 0.3 is 0 Å². The van der Waals surface area contributed by atoms with E-state index in [1.165, 1.54) is 22.0 Å². The van der Waals surface area contributed by atoms with Crippen molar-refractivity contribution in [2.24, 2.45) is 7.05 Å². The topological polar surface area (TPSA) is 136 Å². The van der Waals surface area contributed by atoms with E-state index in [2.05, 4.69) is 82.3 Å². The van der Waals surface area contributed by atoms with Gasteiger partial charge in [-0.1, -0.05) is 26.8 Å². The van der Waals surface area contributed by atoms with E-state index < -0.39 is 21.6 Å². The fraction of sp³-hybridized carbons (Fsp3) is 0.600. The van der Waals surface area contributed by atoms with E-state index in [1.54, 1.807) is 0 Å². The van der Waals surface area contributed by atoms with Crippen LogP contribution in [-0.2, 0) is 56.4 Å². The minimum absolute atomic E-state index is 0.135. The molecule has 8 heterocycles. The van der Waals surface area contributed by atoms with Crippen LogP contribution in [0.4, 0.5) is 17.6 Å². The van der Waals surface area contributed by atoms with E-state index in [9.17, 15) is 8.42 Å². The van der Waals surface area contributed by atoms with Gasteiger partial charge in [-0.3, -0.25) is 8.42 Å². The van der Waals surface area contributed by atoms with Gasteiger partial charge in [-0.05, 0) is 84.7 Å². The molecule has 2 atom stereocenters. The van der Waals surface area contributed by atoms with Crippen LogP contribution >= 0.6 is 11.6 Å². The molecule has 5 aliphatic heterocycles. The second-order valence-electron chi connectivity index (χ2n) is 16.4. The van der Waals surface area contributed by atoms with Gasteiger partial charge in [0.05, 0.1) is 33.0 Å². The average Bonchev–Trinajstić information content (AvgIpc) is 3.86. The van der Waals surface area contributed by atoms with E-state index in [0.29, 0.717) is 41.7 Å². The normalized spacial score (nSPS) is 22.3. The van der Waals surface area contributed by atoms with Gasteiger partial charge in [0.2, 0.25) is 11.2 Å². The highest BCUT2D eigenvalue weighted by Crippen LogP contribution is 2.38. The molecule has 12 nitrogen and oxygen atoms in total. The first kappa shape index (κ1) is 38.7. The zero-order valence-electron chi connectivity index (χ0n) is 32.4. The van der Waals surface area contributed by atoms with Crippen LogP contribution in [0.15, 0.2) is 34.2 Å². The third-order valence-corrected chi connectivity index (χ3v) is 14.7. The van der Waals surface area contributed by atoms with Crippen molar-refractivity contribution >= 4 is 61.7 Å². The molecule has 3 saturated heterocycles. The van der Waals surface area contributed by atoms with Crippen LogP contribution in [-0.4, -0.2) is 96.0 Å². The monoisotopic (exact) mass is 808 g/mol. The van der Waals surface area contributed by atoms with Gasteiger partial charge < -0.3 is 29.6 Å². The van der Waals surface area contributed by atoms with Gasteiger partial charge in [0.1, 0.15) is 21.4 Å². The Kier molecular flexibility index (Phi) is 11.5. The number of aryl methyl sites for hydroxylation is 3. The molecule has 2 unspecified atom stereocenters. The Hall–Kier alpha value is -3.17. The van der Waals surface area contributed by atoms with Crippen molar-refractivity contribution in [2.45, 2.75) is 105 Å².